The lowest BCUT2D eigenvalue weighted by molar-refractivity contribution is 0.0204. The number of nitrogens with one attached hydrogen (secondary N) is 2. The molecule has 2 N–H and O–H groups in total. The summed E-state index contributed by atoms with van der Waals surface area (Å²) >= 11 is 0. The normalized spacial score (nSPS) is 21.8. The number of fused-ring (bicyclic) bond motifs is 5. The van der Waals surface area contributed by atoms with E-state index >= 15 is 0 Å². The molecule has 2 aromatic carbocycles. The first-order valence-corrected chi connectivity index (χ1v) is 20.3. The first-order valence-electron chi connectivity index (χ1n) is 20.3. The standard InChI is InChI=1S/C44H52FN7O5/c1-42(2,3)56-40(53)50-16-7-9-34(50)38-46-21-31(48-38)26-11-13-33-28(17-26)18-35-30-12-10-27(19-37(30)55-25-44(14-8-15-44)24-52(33)35)32-22-47-39(49-32)36-20-29(45)23-51(36)41(54)57-43(4,5)6/h10-13,17-19,21-22,29,34,36H,7-9,14-16,20,23-25H2,1-6H3,(H,46,48)(H,47,49)/t29-,34+,36?/m0/s1. The van der Waals surface area contributed by atoms with Gasteiger partial charge in [-0.25, -0.2) is 23.9 Å². The summed E-state index contributed by atoms with van der Waals surface area (Å²) in [6.45, 7) is 13.2. The molecule has 3 atom stereocenters. The van der Waals surface area contributed by atoms with E-state index in [4.69, 9.17) is 19.2 Å². The molecule has 0 radical (unpaired) electrons. The number of nitrogens with zero attached hydrogens (tertiary/aromatic N) is 5. The number of H-pyrrole nitrogens is 2. The molecule has 13 heteroatoms. The number of carbonyl (C=O) groups is 2. The summed E-state index contributed by atoms with van der Waals surface area (Å²) < 4.78 is 35.2. The zero-order valence-electron chi connectivity index (χ0n) is 33.7. The lowest BCUT2D eigenvalue weighted by Gasteiger charge is -2.43. The van der Waals surface area contributed by atoms with Crippen LogP contribution in [0.1, 0.15) is 104 Å². The number of halogens is 1. The number of ether oxygens (including phenoxy) is 3. The number of hydrogen-bond acceptors (Lipinski definition) is 7. The van der Waals surface area contributed by atoms with Crippen molar-refractivity contribution >= 4 is 23.1 Å². The summed E-state index contributed by atoms with van der Waals surface area (Å²) in [4.78, 5) is 45.5. The van der Waals surface area contributed by atoms with Gasteiger partial charge in [-0.05, 0) is 97.6 Å². The number of hydrogen-bond donors (Lipinski definition) is 2. The predicted octanol–water partition coefficient (Wildman–Crippen LogP) is 9.74. The number of benzene rings is 2. The highest BCUT2D eigenvalue weighted by molar-refractivity contribution is 5.91. The molecule has 12 nitrogen and oxygen atoms in total. The van der Waals surface area contributed by atoms with E-state index in [1.54, 1.807) is 31.9 Å². The molecular weight excluding hydrogens is 726 g/mol. The highest BCUT2D eigenvalue weighted by atomic mass is 19.1. The largest absolute Gasteiger partial charge is 0.492 e. The van der Waals surface area contributed by atoms with Crippen molar-refractivity contribution in [2.45, 2.75) is 116 Å². The number of rotatable bonds is 4. The molecule has 1 spiro atoms. The average molecular weight is 778 g/mol. The van der Waals surface area contributed by atoms with Crippen molar-refractivity contribution in [3.05, 3.63) is 66.5 Å². The number of likely N-dealkylation sites (tertiary alicyclic amines) is 2. The van der Waals surface area contributed by atoms with Gasteiger partial charge < -0.3 is 28.7 Å². The van der Waals surface area contributed by atoms with Crippen molar-refractivity contribution in [1.82, 2.24) is 34.3 Å². The molecule has 1 saturated carbocycles. The Labute approximate surface area is 332 Å². The maximum Gasteiger partial charge on any atom is 0.411 e. The smallest absolute Gasteiger partial charge is 0.411 e. The Morgan fingerprint density at radius 3 is 2.16 bits per heavy atom. The highest BCUT2D eigenvalue weighted by Gasteiger charge is 2.42. The van der Waals surface area contributed by atoms with Gasteiger partial charge >= 0.3 is 12.2 Å². The number of carbonyl (C=O) groups excluding carboxylic acids is 2. The Morgan fingerprint density at radius 2 is 1.49 bits per heavy atom. The molecule has 2 amide bonds. The molecule has 1 aliphatic carbocycles. The Bertz CT molecular complexity index is 2340. The predicted molar refractivity (Wildman–Crippen MR) is 214 cm³/mol. The number of aromatic nitrogens is 5. The minimum absolute atomic E-state index is 0.0302. The molecular formula is C44H52FN7O5. The second kappa shape index (κ2) is 13.7. The van der Waals surface area contributed by atoms with Crippen molar-refractivity contribution < 1.29 is 28.2 Å². The number of imidazole rings is 2. The molecule has 2 saturated heterocycles. The summed E-state index contributed by atoms with van der Waals surface area (Å²) in [5, 5.41) is 1.12. The number of alkyl halides is 1. The van der Waals surface area contributed by atoms with Crippen LogP contribution in [-0.4, -0.2) is 83.6 Å². The van der Waals surface area contributed by atoms with Gasteiger partial charge in [0, 0.05) is 52.5 Å². The van der Waals surface area contributed by atoms with Crippen LogP contribution in [0.3, 0.4) is 0 Å². The molecule has 9 rings (SSSR count). The van der Waals surface area contributed by atoms with Crippen LogP contribution in [0.4, 0.5) is 14.0 Å². The third kappa shape index (κ3) is 7.14. The van der Waals surface area contributed by atoms with Crippen molar-refractivity contribution in [2.24, 2.45) is 5.41 Å². The number of aromatic amines is 2. The topological polar surface area (TPSA) is 131 Å². The van der Waals surface area contributed by atoms with E-state index in [-0.39, 0.29) is 30.5 Å². The van der Waals surface area contributed by atoms with Crippen molar-refractivity contribution in [1.29, 1.82) is 0 Å². The monoisotopic (exact) mass is 777 g/mol. The van der Waals surface area contributed by atoms with Gasteiger partial charge in [-0.3, -0.25) is 9.80 Å². The van der Waals surface area contributed by atoms with E-state index in [0.717, 1.165) is 83.0 Å². The van der Waals surface area contributed by atoms with Gasteiger partial charge in [0.25, 0.3) is 0 Å². The maximum atomic E-state index is 14.7. The quantitative estimate of drug-likeness (QED) is 0.186. The van der Waals surface area contributed by atoms with Crippen molar-refractivity contribution in [3.8, 4) is 39.5 Å². The summed E-state index contributed by atoms with van der Waals surface area (Å²) in [6.07, 6.45) is 6.87. The van der Waals surface area contributed by atoms with E-state index in [9.17, 15) is 14.0 Å². The fraction of sp³-hybridized carbons (Fsp3) is 0.500. The van der Waals surface area contributed by atoms with Crippen LogP contribution in [-0.2, 0) is 16.0 Å². The minimum Gasteiger partial charge on any atom is -0.492 e. The molecule has 5 aromatic rings. The van der Waals surface area contributed by atoms with E-state index in [2.05, 4.69) is 62.0 Å². The van der Waals surface area contributed by atoms with Crippen LogP contribution in [0.15, 0.2) is 54.9 Å². The van der Waals surface area contributed by atoms with Crippen LogP contribution in [0.5, 0.6) is 5.75 Å². The summed E-state index contributed by atoms with van der Waals surface area (Å²) in [7, 11) is 0. The molecule has 3 aliphatic heterocycles. The Balaban J connectivity index is 1.01. The first-order chi connectivity index (χ1) is 27.1. The molecule has 0 bridgehead atoms. The van der Waals surface area contributed by atoms with Gasteiger partial charge in [0.15, 0.2) is 0 Å². The third-order valence-electron chi connectivity index (χ3n) is 11.8. The zero-order chi connectivity index (χ0) is 39.9. The van der Waals surface area contributed by atoms with Gasteiger partial charge in [0.2, 0.25) is 0 Å². The van der Waals surface area contributed by atoms with Gasteiger partial charge in [0.05, 0.1) is 54.7 Å². The molecule has 3 aromatic heterocycles. The fourth-order valence-electron chi connectivity index (χ4n) is 8.91. The fourth-order valence-corrected chi connectivity index (χ4v) is 8.91. The van der Waals surface area contributed by atoms with E-state index < -0.39 is 29.5 Å². The molecule has 4 aliphatic rings. The maximum absolute atomic E-state index is 14.7. The van der Waals surface area contributed by atoms with Crippen LogP contribution in [0.2, 0.25) is 0 Å². The minimum atomic E-state index is -1.16. The molecule has 3 fully saturated rings. The zero-order valence-corrected chi connectivity index (χ0v) is 33.7. The highest BCUT2D eigenvalue weighted by Crippen LogP contribution is 2.48. The van der Waals surface area contributed by atoms with Gasteiger partial charge in [-0.15, -0.1) is 0 Å². The Morgan fingerprint density at radius 1 is 0.842 bits per heavy atom. The SMILES string of the molecule is CC(C)(C)OC(=O)N1C[C@@H](F)CC1c1ncc(-c2ccc3c(c2)OCC2(CCC2)Cn2c-3cc3cc(-c4cnc([C@H]5CCCN5C(=O)OC(C)(C)C)[nH]4)ccc32)[nH]1. The van der Waals surface area contributed by atoms with Crippen LogP contribution in [0.25, 0.3) is 44.7 Å². The van der Waals surface area contributed by atoms with Gasteiger partial charge in [-0.1, -0.05) is 18.6 Å². The summed E-state index contributed by atoms with van der Waals surface area (Å²) in [6, 6.07) is 14.3. The molecule has 57 heavy (non-hydrogen) atoms. The summed E-state index contributed by atoms with van der Waals surface area (Å²) in [5.41, 5.74) is 5.63. The van der Waals surface area contributed by atoms with Crippen LogP contribution in [0, 0.1) is 5.41 Å². The van der Waals surface area contributed by atoms with Crippen LogP contribution < -0.4 is 4.74 Å². The van der Waals surface area contributed by atoms with E-state index in [0.29, 0.717) is 19.0 Å². The van der Waals surface area contributed by atoms with E-state index in [1.165, 1.54) is 16.8 Å². The summed E-state index contributed by atoms with van der Waals surface area (Å²) in [5.74, 6) is 2.09. The number of amides is 2. The lowest BCUT2D eigenvalue weighted by Crippen LogP contribution is -2.40. The second-order valence-corrected chi connectivity index (χ2v) is 18.4. The van der Waals surface area contributed by atoms with Gasteiger partial charge in [0.1, 0.15) is 34.8 Å². The van der Waals surface area contributed by atoms with E-state index in [1.807, 2.05) is 27.0 Å². The molecule has 6 heterocycles. The second-order valence-electron chi connectivity index (χ2n) is 18.4. The van der Waals surface area contributed by atoms with Crippen molar-refractivity contribution in [3.63, 3.8) is 0 Å². The van der Waals surface area contributed by atoms with Gasteiger partial charge in [-0.2, -0.15) is 0 Å². The molecule has 1 unspecified atom stereocenters. The Hall–Kier alpha value is -5.33. The van der Waals surface area contributed by atoms with Crippen LogP contribution >= 0.6 is 0 Å². The lowest BCUT2D eigenvalue weighted by atomic mass is 9.69. The van der Waals surface area contributed by atoms with Crippen molar-refractivity contribution in [2.75, 3.05) is 19.7 Å². The first kappa shape index (κ1) is 37.3. The Kier molecular flexibility index (Phi) is 8.93. The average Bonchev–Trinajstić information content (AvgIpc) is 3.96. The molecule has 300 valence electrons. The third-order valence-corrected chi connectivity index (χ3v) is 11.8.